The van der Waals surface area contributed by atoms with E-state index in [1.54, 1.807) is 47.7 Å². The normalized spacial score (nSPS) is 13.1. The van der Waals surface area contributed by atoms with Crippen LogP contribution in [0.4, 0.5) is 8.78 Å². The van der Waals surface area contributed by atoms with E-state index in [2.05, 4.69) is 20.2 Å². The molecule has 2 aromatic heterocycles. The van der Waals surface area contributed by atoms with Crippen LogP contribution in [0.2, 0.25) is 0 Å². The maximum atomic E-state index is 13.1. The molecule has 0 fully saturated rings. The number of rotatable bonds is 7. The fourth-order valence-electron chi connectivity index (χ4n) is 3.65. The van der Waals surface area contributed by atoms with E-state index in [0.29, 0.717) is 35.8 Å². The molecule has 3 heterocycles. The van der Waals surface area contributed by atoms with E-state index in [4.69, 9.17) is 9.15 Å². The summed E-state index contributed by atoms with van der Waals surface area (Å²) >= 11 is 0. The van der Waals surface area contributed by atoms with Gasteiger partial charge >= 0.3 is 6.43 Å². The highest BCUT2D eigenvalue weighted by molar-refractivity contribution is 5.99. The van der Waals surface area contributed by atoms with Crippen molar-refractivity contribution in [1.82, 2.24) is 30.2 Å². The third kappa shape index (κ3) is 4.20. The zero-order valence-corrected chi connectivity index (χ0v) is 17.9. The van der Waals surface area contributed by atoms with Crippen LogP contribution in [0.5, 0.6) is 11.6 Å². The number of hydrogen-bond donors (Lipinski definition) is 0. The Morgan fingerprint density at radius 1 is 1.18 bits per heavy atom. The fraction of sp³-hybridized carbons (Fsp3) is 0.174. The predicted molar refractivity (Wildman–Crippen MR) is 115 cm³/mol. The molecule has 4 aromatic rings. The molecule has 0 atom stereocenters. The fourth-order valence-corrected chi connectivity index (χ4v) is 3.65. The number of carbonyl (C=O) groups excluding carboxylic acids is 1. The number of para-hydroxylation sites is 1. The lowest BCUT2D eigenvalue weighted by Crippen LogP contribution is -2.39. The molecular weight excluding hydrogens is 446 g/mol. The van der Waals surface area contributed by atoms with Gasteiger partial charge < -0.3 is 9.15 Å². The number of amides is 1. The molecule has 0 spiro atoms. The number of fused-ring (bicyclic) bond motifs is 1. The molecule has 1 aliphatic heterocycles. The van der Waals surface area contributed by atoms with Crippen molar-refractivity contribution in [3.63, 3.8) is 0 Å². The minimum absolute atomic E-state index is 0.0622. The van der Waals surface area contributed by atoms with Crippen LogP contribution >= 0.6 is 0 Å². The standard InChI is InChI=1S/C23H18F2N6O3/c1-30(12-16-4-2-3-5-18(16)33-19-11-26-8-9-27-19)31-13-15-7-6-14(10-17(15)23(31)32)21-28-29-22(34-21)20(24)25/h2-11,20H,12-13H2,1H3. The Balaban J connectivity index is 1.33. The first-order valence-electron chi connectivity index (χ1n) is 10.3. The summed E-state index contributed by atoms with van der Waals surface area (Å²) in [6, 6.07) is 12.5. The van der Waals surface area contributed by atoms with Gasteiger partial charge in [-0.25, -0.2) is 9.99 Å². The van der Waals surface area contributed by atoms with E-state index >= 15 is 0 Å². The maximum Gasteiger partial charge on any atom is 0.314 e. The first kappa shape index (κ1) is 21.6. The summed E-state index contributed by atoms with van der Waals surface area (Å²) in [6.45, 7) is 0.759. The van der Waals surface area contributed by atoms with Crippen LogP contribution in [0, 0.1) is 0 Å². The number of carbonyl (C=O) groups is 1. The molecule has 0 aliphatic carbocycles. The van der Waals surface area contributed by atoms with Crippen LogP contribution < -0.4 is 4.74 Å². The van der Waals surface area contributed by atoms with Gasteiger partial charge in [-0.2, -0.15) is 8.78 Å². The van der Waals surface area contributed by atoms with Crippen molar-refractivity contribution in [1.29, 1.82) is 0 Å². The smallest absolute Gasteiger partial charge is 0.314 e. The van der Waals surface area contributed by atoms with Crippen LogP contribution in [0.25, 0.3) is 11.5 Å². The highest BCUT2D eigenvalue weighted by Gasteiger charge is 2.31. The molecule has 0 saturated carbocycles. The van der Waals surface area contributed by atoms with Gasteiger partial charge in [-0.1, -0.05) is 24.3 Å². The van der Waals surface area contributed by atoms with E-state index in [1.165, 1.54) is 6.20 Å². The number of nitrogens with zero attached hydrogens (tertiary/aromatic N) is 6. The molecule has 0 unspecified atom stereocenters. The van der Waals surface area contributed by atoms with Crippen LogP contribution in [-0.4, -0.2) is 43.1 Å². The van der Waals surface area contributed by atoms with Gasteiger partial charge in [0.2, 0.25) is 11.8 Å². The van der Waals surface area contributed by atoms with E-state index in [1.807, 2.05) is 24.3 Å². The van der Waals surface area contributed by atoms with Crippen molar-refractivity contribution in [2.75, 3.05) is 7.05 Å². The lowest BCUT2D eigenvalue weighted by atomic mass is 10.1. The number of ether oxygens (including phenoxy) is 1. The molecular formula is C23H18F2N6O3. The summed E-state index contributed by atoms with van der Waals surface area (Å²) in [4.78, 5) is 21.3. The number of alkyl halides is 2. The Morgan fingerprint density at radius 2 is 2.03 bits per heavy atom. The second kappa shape index (κ2) is 8.94. The summed E-state index contributed by atoms with van der Waals surface area (Å²) in [5.74, 6) is -0.0723. The van der Waals surface area contributed by atoms with Crippen molar-refractivity contribution >= 4 is 5.91 Å². The van der Waals surface area contributed by atoms with Crippen LogP contribution in [0.3, 0.4) is 0 Å². The SMILES string of the molecule is CN(Cc1ccccc1Oc1cnccn1)N1Cc2ccc(-c3nnc(C(F)F)o3)cc2C1=O. The molecule has 172 valence electrons. The van der Waals surface area contributed by atoms with Gasteiger partial charge in [0, 0.05) is 42.7 Å². The number of halogens is 2. The average molecular weight is 464 g/mol. The van der Waals surface area contributed by atoms with Crippen molar-refractivity contribution < 1.29 is 22.7 Å². The monoisotopic (exact) mass is 464 g/mol. The van der Waals surface area contributed by atoms with Crippen LogP contribution in [0.1, 0.15) is 33.8 Å². The zero-order chi connectivity index (χ0) is 23.7. The molecule has 1 aliphatic rings. The van der Waals surface area contributed by atoms with Gasteiger partial charge in [0.25, 0.3) is 11.8 Å². The first-order chi connectivity index (χ1) is 16.5. The molecule has 0 N–H and O–H groups in total. The molecule has 1 amide bonds. The van der Waals surface area contributed by atoms with Gasteiger partial charge in [0.15, 0.2) is 0 Å². The second-order valence-electron chi connectivity index (χ2n) is 7.55. The number of hydrazine groups is 1. The molecule has 9 nitrogen and oxygen atoms in total. The van der Waals surface area contributed by atoms with E-state index in [0.717, 1.165) is 11.1 Å². The summed E-state index contributed by atoms with van der Waals surface area (Å²) in [5.41, 5.74) is 2.51. The lowest BCUT2D eigenvalue weighted by Gasteiger charge is -2.28. The van der Waals surface area contributed by atoms with Gasteiger partial charge in [-0.15, -0.1) is 10.2 Å². The Kier molecular flexibility index (Phi) is 5.68. The van der Waals surface area contributed by atoms with Crippen LogP contribution in [-0.2, 0) is 13.1 Å². The highest BCUT2D eigenvalue weighted by Crippen LogP contribution is 2.31. The van der Waals surface area contributed by atoms with Crippen molar-refractivity contribution in [3.8, 4) is 23.1 Å². The quantitative estimate of drug-likeness (QED) is 0.400. The van der Waals surface area contributed by atoms with E-state index < -0.39 is 12.3 Å². The van der Waals surface area contributed by atoms with Crippen molar-refractivity contribution in [2.45, 2.75) is 19.5 Å². The predicted octanol–water partition coefficient (Wildman–Crippen LogP) is 4.26. The second-order valence-corrected chi connectivity index (χ2v) is 7.55. The molecule has 0 radical (unpaired) electrons. The van der Waals surface area contributed by atoms with Gasteiger partial charge in [-0.3, -0.25) is 14.8 Å². The topological polar surface area (TPSA) is 97.5 Å². The molecule has 0 saturated heterocycles. The third-order valence-corrected chi connectivity index (χ3v) is 5.31. The Morgan fingerprint density at radius 3 is 2.79 bits per heavy atom. The average Bonchev–Trinajstić information content (AvgIpc) is 3.46. The molecule has 0 bridgehead atoms. The molecule has 2 aromatic carbocycles. The maximum absolute atomic E-state index is 13.1. The number of hydrogen-bond acceptors (Lipinski definition) is 8. The Bertz CT molecular complexity index is 1330. The minimum atomic E-state index is -2.86. The van der Waals surface area contributed by atoms with Gasteiger partial charge in [0.05, 0.1) is 12.7 Å². The molecule has 11 heteroatoms. The largest absolute Gasteiger partial charge is 0.437 e. The van der Waals surface area contributed by atoms with Crippen molar-refractivity contribution in [3.05, 3.63) is 83.6 Å². The van der Waals surface area contributed by atoms with Crippen molar-refractivity contribution in [2.24, 2.45) is 0 Å². The van der Waals surface area contributed by atoms with E-state index in [9.17, 15) is 13.6 Å². The first-order valence-corrected chi connectivity index (χ1v) is 10.3. The third-order valence-electron chi connectivity index (χ3n) is 5.31. The van der Waals surface area contributed by atoms with Gasteiger partial charge in [0.1, 0.15) is 5.75 Å². The minimum Gasteiger partial charge on any atom is -0.437 e. The highest BCUT2D eigenvalue weighted by atomic mass is 19.3. The summed E-state index contributed by atoms with van der Waals surface area (Å²) < 4.78 is 36.4. The Hall–Kier alpha value is -4.25. The zero-order valence-electron chi connectivity index (χ0n) is 17.9. The van der Waals surface area contributed by atoms with E-state index in [-0.39, 0.29) is 11.8 Å². The number of benzene rings is 2. The van der Waals surface area contributed by atoms with Gasteiger partial charge in [-0.05, 0) is 23.8 Å². The molecule has 5 rings (SSSR count). The summed E-state index contributed by atoms with van der Waals surface area (Å²) in [6.07, 6.45) is 1.76. The summed E-state index contributed by atoms with van der Waals surface area (Å²) in [7, 11) is 1.80. The number of aromatic nitrogens is 4. The Labute approximate surface area is 192 Å². The lowest BCUT2D eigenvalue weighted by molar-refractivity contribution is 0.00242. The summed E-state index contributed by atoms with van der Waals surface area (Å²) in [5, 5.41) is 10.4. The molecule has 34 heavy (non-hydrogen) atoms. The van der Waals surface area contributed by atoms with Crippen LogP contribution in [0.15, 0.2) is 65.5 Å².